The van der Waals surface area contributed by atoms with Gasteiger partial charge in [-0.15, -0.1) is 10.2 Å². The van der Waals surface area contributed by atoms with E-state index in [4.69, 9.17) is 0 Å². The van der Waals surface area contributed by atoms with Crippen LogP contribution in [0.5, 0.6) is 5.75 Å². The Labute approximate surface area is 165 Å². The molecule has 0 aromatic carbocycles. The number of amides is 1. The molecule has 0 saturated carbocycles. The molecule has 2 aliphatic rings. The molecule has 2 aromatic heterocycles. The molecule has 4 rings (SSSR count). The molecule has 1 N–H and O–H groups in total. The molecule has 0 aliphatic carbocycles. The van der Waals surface area contributed by atoms with Crippen LogP contribution in [0.3, 0.4) is 0 Å². The molecular formula is C20H28N6O2. The van der Waals surface area contributed by atoms with Crippen molar-refractivity contribution < 1.29 is 9.90 Å². The third kappa shape index (κ3) is 3.73. The zero-order chi connectivity index (χ0) is 19.5. The van der Waals surface area contributed by atoms with Crippen molar-refractivity contribution in [1.29, 1.82) is 0 Å². The van der Waals surface area contributed by atoms with Gasteiger partial charge in [0.25, 0.3) is 5.91 Å². The smallest absolute Gasteiger partial charge is 0.276 e. The molecule has 2 aliphatic heterocycles. The van der Waals surface area contributed by atoms with Gasteiger partial charge in [0.05, 0.1) is 6.54 Å². The number of likely N-dealkylation sites (tertiary alicyclic amines) is 2. The summed E-state index contributed by atoms with van der Waals surface area (Å²) in [7, 11) is 0. The lowest BCUT2D eigenvalue weighted by molar-refractivity contribution is 0.0701. The summed E-state index contributed by atoms with van der Waals surface area (Å²) in [6.07, 6.45) is 5.77. The fraction of sp³-hybridized carbons (Fsp3) is 0.600. The number of carbonyl (C=O) groups excluding carboxylic acids is 1. The number of pyridine rings is 1. The minimum atomic E-state index is -0.205. The van der Waals surface area contributed by atoms with Crippen LogP contribution in [0, 0.1) is 0 Å². The Morgan fingerprint density at radius 2 is 1.93 bits per heavy atom. The van der Waals surface area contributed by atoms with Gasteiger partial charge < -0.3 is 14.6 Å². The molecule has 2 fully saturated rings. The molecule has 2 saturated heterocycles. The molecule has 8 heteroatoms. The zero-order valence-electron chi connectivity index (χ0n) is 16.4. The molecule has 2 aromatic rings. The standard InChI is InChI=1S/C20H28N6O2/c1-2-26-17(14-24-10-3-4-11-24)22-23-19(26)15-7-12-25(13-8-15)20(28)18-16(27)6-5-9-21-18/h5-6,9,15,27H,2-4,7-8,10-14H2,1H3. The van der Waals surface area contributed by atoms with E-state index in [2.05, 4.69) is 31.6 Å². The third-order valence-electron chi connectivity index (χ3n) is 5.87. The van der Waals surface area contributed by atoms with E-state index < -0.39 is 0 Å². The summed E-state index contributed by atoms with van der Waals surface area (Å²) in [5.74, 6) is 2.14. The lowest BCUT2D eigenvalue weighted by atomic mass is 9.95. The molecule has 4 heterocycles. The van der Waals surface area contributed by atoms with Crippen molar-refractivity contribution >= 4 is 5.91 Å². The van der Waals surface area contributed by atoms with Gasteiger partial charge in [0, 0.05) is 31.7 Å². The first kappa shape index (κ1) is 18.9. The summed E-state index contributed by atoms with van der Waals surface area (Å²) in [5.41, 5.74) is 0.130. The Morgan fingerprint density at radius 1 is 1.18 bits per heavy atom. The van der Waals surface area contributed by atoms with Crippen molar-refractivity contribution in [3.63, 3.8) is 0 Å². The number of hydrogen-bond acceptors (Lipinski definition) is 6. The molecule has 0 unspecified atom stereocenters. The summed E-state index contributed by atoms with van der Waals surface area (Å²) in [6, 6.07) is 3.12. The number of nitrogens with zero attached hydrogens (tertiary/aromatic N) is 6. The molecule has 0 atom stereocenters. The predicted octanol–water partition coefficient (Wildman–Crippen LogP) is 2.01. The normalized spacial score (nSPS) is 18.7. The van der Waals surface area contributed by atoms with Crippen molar-refractivity contribution in [2.24, 2.45) is 0 Å². The quantitative estimate of drug-likeness (QED) is 0.849. The monoisotopic (exact) mass is 384 g/mol. The Balaban J connectivity index is 1.41. The van der Waals surface area contributed by atoms with E-state index in [9.17, 15) is 9.90 Å². The van der Waals surface area contributed by atoms with Gasteiger partial charge in [-0.05, 0) is 57.8 Å². The van der Waals surface area contributed by atoms with Crippen LogP contribution < -0.4 is 0 Å². The van der Waals surface area contributed by atoms with Gasteiger partial charge in [-0.3, -0.25) is 9.69 Å². The van der Waals surface area contributed by atoms with E-state index in [-0.39, 0.29) is 17.4 Å². The Hall–Kier alpha value is -2.48. The van der Waals surface area contributed by atoms with Crippen LogP contribution in [0.15, 0.2) is 18.3 Å². The average molecular weight is 384 g/mol. The second kappa shape index (κ2) is 8.26. The first-order valence-electron chi connectivity index (χ1n) is 10.2. The van der Waals surface area contributed by atoms with Crippen LogP contribution in [0.1, 0.15) is 60.7 Å². The second-order valence-electron chi connectivity index (χ2n) is 7.64. The van der Waals surface area contributed by atoms with Gasteiger partial charge in [0.1, 0.15) is 17.4 Å². The Kier molecular flexibility index (Phi) is 5.57. The van der Waals surface area contributed by atoms with Crippen LogP contribution in [-0.2, 0) is 13.1 Å². The maximum Gasteiger partial charge on any atom is 0.276 e. The highest BCUT2D eigenvalue weighted by Crippen LogP contribution is 2.29. The number of carbonyl (C=O) groups is 1. The van der Waals surface area contributed by atoms with Crippen LogP contribution in [-0.4, -0.2) is 66.7 Å². The zero-order valence-corrected chi connectivity index (χ0v) is 16.4. The highest BCUT2D eigenvalue weighted by atomic mass is 16.3. The van der Waals surface area contributed by atoms with Gasteiger partial charge >= 0.3 is 0 Å². The molecule has 0 radical (unpaired) electrons. The van der Waals surface area contributed by atoms with E-state index in [1.807, 2.05) is 0 Å². The first-order chi connectivity index (χ1) is 13.7. The van der Waals surface area contributed by atoms with E-state index in [1.165, 1.54) is 25.1 Å². The van der Waals surface area contributed by atoms with Crippen molar-refractivity contribution in [3.05, 3.63) is 35.7 Å². The summed E-state index contributed by atoms with van der Waals surface area (Å²) >= 11 is 0. The lowest BCUT2D eigenvalue weighted by Crippen LogP contribution is -2.38. The van der Waals surface area contributed by atoms with Gasteiger partial charge in [-0.25, -0.2) is 4.98 Å². The predicted molar refractivity (Wildman–Crippen MR) is 104 cm³/mol. The van der Waals surface area contributed by atoms with Crippen LogP contribution >= 0.6 is 0 Å². The fourth-order valence-corrected chi connectivity index (χ4v) is 4.31. The topological polar surface area (TPSA) is 87.4 Å². The number of aromatic hydroxyl groups is 1. The largest absolute Gasteiger partial charge is 0.505 e. The maximum absolute atomic E-state index is 12.6. The minimum Gasteiger partial charge on any atom is -0.505 e. The molecule has 150 valence electrons. The summed E-state index contributed by atoms with van der Waals surface area (Å²) in [5, 5.41) is 18.9. The van der Waals surface area contributed by atoms with Crippen molar-refractivity contribution in [2.45, 2.75) is 51.6 Å². The molecule has 28 heavy (non-hydrogen) atoms. The minimum absolute atomic E-state index is 0.0631. The number of hydrogen-bond donors (Lipinski definition) is 1. The van der Waals surface area contributed by atoms with Crippen LogP contribution in [0.2, 0.25) is 0 Å². The molecule has 0 bridgehead atoms. The van der Waals surface area contributed by atoms with E-state index in [0.717, 1.165) is 50.7 Å². The van der Waals surface area contributed by atoms with Crippen molar-refractivity contribution in [3.8, 4) is 5.75 Å². The van der Waals surface area contributed by atoms with E-state index >= 15 is 0 Å². The van der Waals surface area contributed by atoms with Gasteiger partial charge in [-0.2, -0.15) is 0 Å². The Bertz CT molecular complexity index is 822. The Morgan fingerprint density at radius 3 is 2.61 bits per heavy atom. The fourth-order valence-electron chi connectivity index (χ4n) is 4.31. The molecule has 8 nitrogen and oxygen atoms in total. The molecule has 0 spiro atoms. The highest BCUT2D eigenvalue weighted by Gasteiger charge is 2.30. The van der Waals surface area contributed by atoms with E-state index in [1.54, 1.807) is 11.0 Å². The lowest BCUT2D eigenvalue weighted by Gasteiger charge is -2.31. The summed E-state index contributed by atoms with van der Waals surface area (Å²) in [6.45, 7) is 7.45. The number of piperidine rings is 1. The number of aromatic nitrogens is 4. The van der Waals surface area contributed by atoms with Crippen molar-refractivity contribution in [2.75, 3.05) is 26.2 Å². The summed E-state index contributed by atoms with van der Waals surface area (Å²) < 4.78 is 2.26. The molecule has 1 amide bonds. The van der Waals surface area contributed by atoms with Crippen LogP contribution in [0.4, 0.5) is 0 Å². The van der Waals surface area contributed by atoms with Crippen molar-refractivity contribution in [1.82, 2.24) is 29.5 Å². The van der Waals surface area contributed by atoms with E-state index in [0.29, 0.717) is 19.0 Å². The highest BCUT2D eigenvalue weighted by molar-refractivity contribution is 5.94. The molecular weight excluding hydrogens is 356 g/mol. The van der Waals surface area contributed by atoms with Gasteiger partial charge in [0.2, 0.25) is 0 Å². The third-order valence-corrected chi connectivity index (χ3v) is 5.87. The average Bonchev–Trinajstić information content (AvgIpc) is 3.38. The second-order valence-corrected chi connectivity index (χ2v) is 7.64. The first-order valence-corrected chi connectivity index (χ1v) is 10.2. The maximum atomic E-state index is 12.6. The summed E-state index contributed by atoms with van der Waals surface area (Å²) in [4.78, 5) is 20.9. The van der Waals surface area contributed by atoms with Gasteiger partial charge in [-0.1, -0.05) is 0 Å². The van der Waals surface area contributed by atoms with Gasteiger partial charge in [0.15, 0.2) is 5.69 Å². The number of rotatable bonds is 5. The SMILES string of the molecule is CCn1c(CN2CCCC2)nnc1C1CCN(C(=O)c2ncccc2O)CC1. The van der Waals surface area contributed by atoms with Crippen LogP contribution in [0.25, 0.3) is 0 Å².